The molecule has 1 N–H and O–H groups in total. The van der Waals surface area contributed by atoms with Gasteiger partial charge in [0.2, 0.25) is 5.91 Å². The molecule has 7 atom stereocenters. The van der Waals surface area contributed by atoms with Crippen LogP contribution in [0.1, 0.15) is 31.7 Å². The first-order chi connectivity index (χ1) is 13.5. The number of hydrogen-bond donors (Lipinski definition) is 1. The van der Waals surface area contributed by atoms with E-state index in [1.807, 2.05) is 25.2 Å². The van der Waals surface area contributed by atoms with Crippen LogP contribution in [0.2, 0.25) is 0 Å². The highest BCUT2D eigenvalue weighted by Crippen LogP contribution is 2.65. The van der Waals surface area contributed by atoms with Crippen LogP contribution in [0, 0.1) is 17.3 Å². The number of piperidine rings is 3. The number of rotatable bonds is 3. The summed E-state index contributed by atoms with van der Waals surface area (Å²) in [6, 6.07) is 7.95. The molecule has 6 nitrogen and oxygen atoms in total. The summed E-state index contributed by atoms with van der Waals surface area (Å²) in [7, 11) is 3.25. The maximum absolute atomic E-state index is 13.6. The Bertz CT molecular complexity index is 857. The summed E-state index contributed by atoms with van der Waals surface area (Å²) in [5.74, 6) is 0.174. The van der Waals surface area contributed by atoms with Crippen molar-refractivity contribution in [2.75, 3.05) is 32.2 Å². The number of aliphatic hydroxyl groups is 1. The minimum Gasteiger partial charge on any atom is -0.468 e. The quantitative estimate of drug-likeness (QED) is 0.801. The molecule has 0 saturated carbocycles. The second-order valence-electron chi connectivity index (χ2n) is 8.99. The third kappa shape index (κ3) is 1.77. The predicted molar refractivity (Wildman–Crippen MR) is 104 cm³/mol. The van der Waals surface area contributed by atoms with Gasteiger partial charge < -0.3 is 14.7 Å². The fourth-order valence-electron chi connectivity index (χ4n) is 7.20. The molecule has 1 amide bonds. The first kappa shape index (κ1) is 18.1. The molecule has 0 radical (unpaired) electrons. The van der Waals surface area contributed by atoms with Gasteiger partial charge in [-0.1, -0.05) is 31.5 Å². The van der Waals surface area contributed by atoms with E-state index < -0.39 is 10.8 Å². The van der Waals surface area contributed by atoms with Crippen LogP contribution in [0.5, 0.6) is 0 Å². The Balaban J connectivity index is 1.70. The summed E-state index contributed by atoms with van der Waals surface area (Å²) in [6.45, 7) is 2.81. The van der Waals surface area contributed by atoms with E-state index in [2.05, 4.69) is 17.9 Å². The van der Waals surface area contributed by atoms with Crippen molar-refractivity contribution in [2.24, 2.45) is 17.3 Å². The lowest BCUT2D eigenvalue weighted by Gasteiger charge is -2.59. The van der Waals surface area contributed by atoms with Gasteiger partial charge in [0.15, 0.2) is 0 Å². The largest absolute Gasteiger partial charge is 0.468 e. The van der Waals surface area contributed by atoms with Crippen molar-refractivity contribution < 1.29 is 19.4 Å². The zero-order chi connectivity index (χ0) is 19.8. The van der Waals surface area contributed by atoms with Crippen LogP contribution in [0.15, 0.2) is 24.3 Å². The van der Waals surface area contributed by atoms with Gasteiger partial charge in [0.1, 0.15) is 5.41 Å². The first-order valence-electron chi connectivity index (χ1n) is 10.3. The van der Waals surface area contributed by atoms with Gasteiger partial charge >= 0.3 is 5.97 Å². The Morgan fingerprint density at radius 3 is 2.75 bits per heavy atom. The Hall–Kier alpha value is -1.92. The number of methoxy groups -OCH3 is 1. The third-order valence-corrected chi connectivity index (χ3v) is 8.42. The molecule has 5 aliphatic rings. The highest BCUT2D eigenvalue weighted by Gasteiger charge is 2.74. The number of nitrogens with zero attached hydrogens (tertiary/aromatic N) is 2. The van der Waals surface area contributed by atoms with Crippen LogP contribution in [-0.4, -0.2) is 61.3 Å². The molecule has 1 aromatic rings. The Morgan fingerprint density at radius 2 is 2.07 bits per heavy atom. The third-order valence-electron chi connectivity index (χ3n) is 8.42. The molecule has 6 rings (SSSR count). The summed E-state index contributed by atoms with van der Waals surface area (Å²) in [6.07, 6.45) is 2.27. The number of carbonyl (C=O) groups is 2. The molecule has 4 saturated heterocycles. The molecule has 1 spiro atoms. The van der Waals surface area contributed by atoms with Crippen molar-refractivity contribution in [1.29, 1.82) is 0 Å². The van der Waals surface area contributed by atoms with Gasteiger partial charge in [0, 0.05) is 31.4 Å². The van der Waals surface area contributed by atoms with E-state index in [-0.39, 0.29) is 36.5 Å². The summed E-state index contributed by atoms with van der Waals surface area (Å²) in [5.41, 5.74) is 0.478. The molecule has 5 aliphatic heterocycles. The van der Waals surface area contributed by atoms with Gasteiger partial charge in [-0.3, -0.25) is 14.5 Å². The van der Waals surface area contributed by atoms with E-state index in [9.17, 15) is 14.7 Å². The number of likely N-dealkylation sites (N-methyl/N-ethyl adjacent to an activating group) is 1. The maximum atomic E-state index is 13.6. The topological polar surface area (TPSA) is 70.1 Å². The van der Waals surface area contributed by atoms with Crippen LogP contribution in [0.25, 0.3) is 0 Å². The highest BCUT2D eigenvalue weighted by molar-refractivity contribution is 6.09. The Labute approximate surface area is 165 Å². The molecular formula is C22H28N2O4. The number of esters is 1. The van der Waals surface area contributed by atoms with E-state index in [1.165, 1.54) is 7.11 Å². The normalized spacial score (nSPS) is 42.9. The van der Waals surface area contributed by atoms with Crippen molar-refractivity contribution in [2.45, 2.75) is 43.7 Å². The molecule has 28 heavy (non-hydrogen) atoms. The molecule has 2 unspecified atom stereocenters. The summed E-state index contributed by atoms with van der Waals surface area (Å²) >= 11 is 0. The van der Waals surface area contributed by atoms with Gasteiger partial charge in [-0.05, 0) is 36.3 Å². The lowest BCUT2D eigenvalue weighted by Crippen LogP contribution is -2.69. The van der Waals surface area contributed by atoms with Gasteiger partial charge in [-0.25, -0.2) is 0 Å². The number of anilines is 1. The van der Waals surface area contributed by atoms with E-state index in [0.717, 1.165) is 30.6 Å². The second kappa shape index (κ2) is 5.80. The van der Waals surface area contributed by atoms with E-state index in [1.54, 1.807) is 4.90 Å². The molecule has 6 heteroatoms. The smallest absolute Gasteiger partial charge is 0.316 e. The fourth-order valence-corrected chi connectivity index (χ4v) is 7.20. The zero-order valence-corrected chi connectivity index (χ0v) is 16.7. The highest BCUT2D eigenvalue weighted by atomic mass is 16.5. The van der Waals surface area contributed by atoms with Crippen molar-refractivity contribution >= 4 is 17.6 Å². The molecule has 150 valence electrons. The summed E-state index contributed by atoms with van der Waals surface area (Å²) in [4.78, 5) is 30.8. The van der Waals surface area contributed by atoms with Gasteiger partial charge in [-0.15, -0.1) is 0 Å². The lowest BCUT2D eigenvalue weighted by molar-refractivity contribution is -0.191. The van der Waals surface area contributed by atoms with Crippen molar-refractivity contribution in [3.8, 4) is 0 Å². The second-order valence-corrected chi connectivity index (χ2v) is 8.99. The number of para-hydroxylation sites is 1. The summed E-state index contributed by atoms with van der Waals surface area (Å²) < 4.78 is 5.23. The standard InChI is InChI=1S/C22H28N2O4/c1-4-13-11-24-17-9-15(13)22(12-25,20(27)28-3)18(24)10-21(17)14-7-5-6-8-16(14)23(2)19(21)26/h5-8,13,15,17-18,25H,4,9-12H2,1-3H3/t13?,15-,17-,18-,21-,22+/m0/s1. The predicted octanol–water partition coefficient (Wildman–Crippen LogP) is 1.56. The number of ether oxygens (including phenoxy) is 1. The molecular weight excluding hydrogens is 356 g/mol. The lowest BCUT2D eigenvalue weighted by atomic mass is 9.57. The van der Waals surface area contributed by atoms with Crippen molar-refractivity contribution in [3.63, 3.8) is 0 Å². The molecule has 5 heterocycles. The number of carbonyl (C=O) groups excluding carboxylic acids is 2. The minimum absolute atomic E-state index is 0.0418. The molecule has 0 aliphatic carbocycles. The van der Waals surface area contributed by atoms with Crippen molar-refractivity contribution in [1.82, 2.24) is 4.90 Å². The minimum atomic E-state index is -0.940. The summed E-state index contributed by atoms with van der Waals surface area (Å²) in [5, 5.41) is 10.5. The SMILES string of the molecule is CCC1CN2[C@H]3C[C@@]4(C(=O)N(C)c5ccccc54)[C@@H]2C[C@@H]1[C@@]3(CO)C(=O)OC. The van der Waals surface area contributed by atoms with E-state index >= 15 is 0 Å². The van der Waals surface area contributed by atoms with Crippen LogP contribution in [-0.2, 0) is 19.7 Å². The van der Waals surface area contributed by atoms with Crippen molar-refractivity contribution in [3.05, 3.63) is 29.8 Å². The first-order valence-corrected chi connectivity index (χ1v) is 10.3. The van der Waals surface area contributed by atoms with Gasteiger partial charge in [-0.2, -0.15) is 0 Å². The van der Waals surface area contributed by atoms with E-state index in [0.29, 0.717) is 12.3 Å². The monoisotopic (exact) mass is 384 g/mol. The number of fused-ring (bicyclic) bond motifs is 3. The Morgan fingerprint density at radius 1 is 1.32 bits per heavy atom. The number of hydrogen-bond acceptors (Lipinski definition) is 5. The number of amides is 1. The van der Waals surface area contributed by atoms with E-state index in [4.69, 9.17) is 4.74 Å². The number of aliphatic hydroxyl groups excluding tert-OH is 1. The fraction of sp³-hybridized carbons (Fsp3) is 0.636. The van der Waals surface area contributed by atoms with Crippen LogP contribution in [0.3, 0.4) is 0 Å². The van der Waals surface area contributed by atoms with Gasteiger partial charge in [0.25, 0.3) is 0 Å². The van der Waals surface area contributed by atoms with Gasteiger partial charge in [0.05, 0.1) is 19.1 Å². The Kier molecular flexibility index (Phi) is 3.75. The average molecular weight is 384 g/mol. The average Bonchev–Trinajstić information content (AvgIpc) is 3.13. The maximum Gasteiger partial charge on any atom is 0.316 e. The van der Waals surface area contributed by atoms with Crippen LogP contribution in [0.4, 0.5) is 5.69 Å². The molecule has 1 aromatic carbocycles. The number of benzene rings is 1. The van der Waals surface area contributed by atoms with Crippen LogP contribution >= 0.6 is 0 Å². The molecule has 4 fully saturated rings. The molecule has 4 bridgehead atoms. The molecule has 0 aromatic heterocycles. The van der Waals surface area contributed by atoms with Crippen LogP contribution < -0.4 is 4.90 Å². The zero-order valence-electron chi connectivity index (χ0n) is 16.7.